The van der Waals surface area contributed by atoms with Crippen molar-refractivity contribution >= 4 is 21.6 Å². The number of benzene rings is 1. The molecule has 112 valence electrons. The van der Waals surface area contributed by atoms with Crippen LogP contribution in [-0.4, -0.2) is 50.3 Å². The zero-order chi connectivity index (χ0) is 15.0. The summed E-state index contributed by atoms with van der Waals surface area (Å²) in [6.07, 6.45) is 0.966. The van der Waals surface area contributed by atoms with Crippen molar-refractivity contribution in [3.8, 4) is 5.75 Å². The first-order valence-electron chi connectivity index (χ1n) is 6.30. The maximum atomic E-state index is 10.8. The number of ether oxygens (including phenoxy) is 2. The average molecular weight is 347 g/mol. The number of nitrogens with zero attached hydrogens (tertiary/aromatic N) is 2. The minimum atomic E-state index is -0.450. The smallest absolute Gasteiger partial charge is 0.287 e. The topological polar surface area (TPSA) is 64.8 Å². The molecule has 0 heterocycles. The van der Waals surface area contributed by atoms with Crippen LogP contribution in [-0.2, 0) is 4.74 Å². The van der Waals surface area contributed by atoms with E-state index in [1.165, 1.54) is 6.07 Å². The van der Waals surface area contributed by atoms with Crippen LogP contribution in [0.1, 0.15) is 6.42 Å². The molecule has 0 aliphatic heterocycles. The summed E-state index contributed by atoms with van der Waals surface area (Å²) in [6.45, 7) is 2.49. The zero-order valence-corrected chi connectivity index (χ0v) is 13.3. The van der Waals surface area contributed by atoms with Crippen molar-refractivity contribution in [2.24, 2.45) is 0 Å². The number of hydrogen-bond donors (Lipinski definition) is 0. The lowest BCUT2D eigenvalue weighted by molar-refractivity contribution is -0.385. The standard InChI is InChI=1S/C13H19BrN2O4/c1-15(2)7-4-8-19-9-10-20-12-6-3-5-11(13(12)14)16(17)18/h3,5-6H,4,7-10H2,1-2H3. The molecule has 1 aromatic carbocycles. The Kier molecular flexibility index (Phi) is 7.50. The van der Waals surface area contributed by atoms with E-state index in [-0.39, 0.29) is 5.69 Å². The fourth-order valence-corrected chi connectivity index (χ4v) is 2.07. The Labute approximate surface area is 126 Å². The highest BCUT2D eigenvalue weighted by Crippen LogP contribution is 2.33. The molecule has 0 fully saturated rings. The SMILES string of the molecule is CN(C)CCCOCCOc1cccc([N+](=O)[O-])c1Br. The lowest BCUT2D eigenvalue weighted by Gasteiger charge is -2.10. The van der Waals surface area contributed by atoms with Crippen molar-refractivity contribution in [3.05, 3.63) is 32.8 Å². The van der Waals surface area contributed by atoms with E-state index < -0.39 is 4.92 Å². The van der Waals surface area contributed by atoms with E-state index in [0.29, 0.717) is 30.0 Å². The molecular weight excluding hydrogens is 328 g/mol. The summed E-state index contributed by atoms with van der Waals surface area (Å²) >= 11 is 3.18. The lowest BCUT2D eigenvalue weighted by Crippen LogP contribution is -2.16. The monoisotopic (exact) mass is 346 g/mol. The summed E-state index contributed by atoms with van der Waals surface area (Å²) in [5, 5.41) is 10.8. The van der Waals surface area contributed by atoms with E-state index >= 15 is 0 Å². The maximum absolute atomic E-state index is 10.8. The number of hydrogen-bond acceptors (Lipinski definition) is 5. The van der Waals surface area contributed by atoms with Crippen LogP contribution in [0.15, 0.2) is 22.7 Å². The van der Waals surface area contributed by atoms with Crippen LogP contribution >= 0.6 is 15.9 Å². The Morgan fingerprint density at radius 2 is 2.05 bits per heavy atom. The number of nitro benzene ring substituents is 1. The van der Waals surface area contributed by atoms with E-state index in [2.05, 4.69) is 20.8 Å². The van der Waals surface area contributed by atoms with E-state index in [4.69, 9.17) is 9.47 Å². The first-order chi connectivity index (χ1) is 9.52. The van der Waals surface area contributed by atoms with E-state index in [1.54, 1.807) is 12.1 Å². The molecule has 1 aromatic rings. The second kappa shape index (κ2) is 8.89. The van der Waals surface area contributed by atoms with Gasteiger partial charge in [-0.25, -0.2) is 0 Å². The highest BCUT2D eigenvalue weighted by atomic mass is 79.9. The van der Waals surface area contributed by atoms with Crippen LogP contribution in [0.2, 0.25) is 0 Å². The quantitative estimate of drug-likeness (QED) is 0.390. The van der Waals surface area contributed by atoms with Gasteiger partial charge in [0.05, 0.1) is 11.5 Å². The summed E-state index contributed by atoms with van der Waals surface area (Å²) in [6, 6.07) is 4.70. The third-order valence-electron chi connectivity index (χ3n) is 2.52. The van der Waals surface area contributed by atoms with E-state index in [9.17, 15) is 10.1 Å². The van der Waals surface area contributed by atoms with Gasteiger partial charge in [-0.2, -0.15) is 0 Å². The Hall–Kier alpha value is -1.18. The van der Waals surface area contributed by atoms with Crippen molar-refractivity contribution in [2.45, 2.75) is 6.42 Å². The Bertz CT molecular complexity index is 440. The normalized spacial score (nSPS) is 10.8. The predicted molar refractivity (Wildman–Crippen MR) is 80.3 cm³/mol. The average Bonchev–Trinajstić information content (AvgIpc) is 2.38. The van der Waals surface area contributed by atoms with Gasteiger partial charge in [0.15, 0.2) is 0 Å². The molecule has 0 spiro atoms. The molecule has 0 aliphatic carbocycles. The van der Waals surface area contributed by atoms with Gasteiger partial charge in [0, 0.05) is 12.7 Å². The van der Waals surface area contributed by atoms with Gasteiger partial charge in [-0.05, 0) is 49.1 Å². The molecule has 0 saturated carbocycles. The van der Waals surface area contributed by atoms with Crippen molar-refractivity contribution in [1.29, 1.82) is 0 Å². The molecule has 0 N–H and O–H groups in total. The zero-order valence-electron chi connectivity index (χ0n) is 11.7. The van der Waals surface area contributed by atoms with Gasteiger partial charge in [0.1, 0.15) is 16.8 Å². The summed E-state index contributed by atoms with van der Waals surface area (Å²) in [5.74, 6) is 0.455. The van der Waals surface area contributed by atoms with Crippen molar-refractivity contribution in [3.63, 3.8) is 0 Å². The molecule has 0 amide bonds. The summed E-state index contributed by atoms with van der Waals surface area (Å²) in [4.78, 5) is 12.4. The number of rotatable bonds is 9. The molecule has 6 nitrogen and oxygen atoms in total. The number of nitro groups is 1. The highest BCUT2D eigenvalue weighted by molar-refractivity contribution is 9.10. The van der Waals surface area contributed by atoms with Crippen LogP contribution in [0.5, 0.6) is 5.75 Å². The van der Waals surface area contributed by atoms with Gasteiger partial charge < -0.3 is 14.4 Å². The minimum absolute atomic E-state index is 0.00518. The first-order valence-corrected chi connectivity index (χ1v) is 7.10. The molecule has 0 atom stereocenters. The molecule has 0 bridgehead atoms. The van der Waals surface area contributed by atoms with E-state index in [1.807, 2.05) is 14.1 Å². The largest absolute Gasteiger partial charge is 0.490 e. The molecule has 0 saturated heterocycles. The third kappa shape index (κ3) is 5.85. The molecule has 7 heteroatoms. The van der Waals surface area contributed by atoms with Gasteiger partial charge >= 0.3 is 0 Å². The molecular formula is C13H19BrN2O4. The van der Waals surface area contributed by atoms with Gasteiger partial charge in [-0.3, -0.25) is 10.1 Å². The van der Waals surface area contributed by atoms with Crippen LogP contribution in [0.4, 0.5) is 5.69 Å². The van der Waals surface area contributed by atoms with Gasteiger partial charge in [-0.15, -0.1) is 0 Å². The number of halogens is 1. The molecule has 0 aliphatic rings. The predicted octanol–water partition coefficient (Wildman–Crippen LogP) is 2.70. The van der Waals surface area contributed by atoms with Crippen molar-refractivity contribution in [1.82, 2.24) is 4.90 Å². The fourth-order valence-electron chi connectivity index (χ4n) is 1.55. The van der Waals surface area contributed by atoms with Gasteiger partial charge in [0.25, 0.3) is 5.69 Å². The van der Waals surface area contributed by atoms with Gasteiger partial charge in [0.2, 0.25) is 0 Å². The first kappa shape index (κ1) is 16.9. The van der Waals surface area contributed by atoms with Crippen LogP contribution in [0.25, 0.3) is 0 Å². The maximum Gasteiger partial charge on any atom is 0.287 e. The fraction of sp³-hybridized carbons (Fsp3) is 0.538. The molecule has 20 heavy (non-hydrogen) atoms. The Morgan fingerprint density at radius 3 is 2.70 bits per heavy atom. The van der Waals surface area contributed by atoms with Crippen LogP contribution in [0.3, 0.4) is 0 Å². The van der Waals surface area contributed by atoms with Crippen molar-refractivity contribution < 1.29 is 14.4 Å². The van der Waals surface area contributed by atoms with E-state index in [0.717, 1.165) is 13.0 Å². The Morgan fingerprint density at radius 1 is 1.30 bits per heavy atom. The lowest BCUT2D eigenvalue weighted by atomic mass is 10.3. The second-order valence-electron chi connectivity index (χ2n) is 4.46. The van der Waals surface area contributed by atoms with Crippen LogP contribution in [0, 0.1) is 10.1 Å². The molecule has 0 radical (unpaired) electrons. The summed E-state index contributed by atoms with van der Waals surface area (Å²) in [5.41, 5.74) is -0.00518. The summed E-state index contributed by atoms with van der Waals surface area (Å²) < 4.78 is 11.2. The Balaban J connectivity index is 2.29. The third-order valence-corrected chi connectivity index (χ3v) is 3.32. The molecule has 1 rings (SSSR count). The van der Waals surface area contributed by atoms with Crippen LogP contribution < -0.4 is 4.74 Å². The molecule has 0 unspecified atom stereocenters. The second-order valence-corrected chi connectivity index (χ2v) is 5.26. The summed E-state index contributed by atoms with van der Waals surface area (Å²) in [7, 11) is 4.03. The highest BCUT2D eigenvalue weighted by Gasteiger charge is 2.15. The van der Waals surface area contributed by atoms with Crippen molar-refractivity contribution in [2.75, 3.05) is 40.5 Å². The van der Waals surface area contributed by atoms with Gasteiger partial charge in [-0.1, -0.05) is 6.07 Å². The molecule has 0 aromatic heterocycles. The minimum Gasteiger partial charge on any atom is -0.490 e.